The predicted octanol–water partition coefficient (Wildman–Crippen LogP) is 7.10. The third kappa shape index (κ3) is 10.1. The number of carbonyl (C=O) groups excluding carboxylic acids is 1. The van der Waals surface area contributed by atoms with Crippen LogP contribution >= 0.6 is 0 Å². The number of nitrogens with zero attached hydrogens (tertiary/aromatic N) is 2. The van der Waals surface area contributed by atoms with Crippen LogP contribution in [0.1, 0.15) is 96.1 Å². The lowest BCUT2D eigenvalue weighted by Crippen LogP contribution is -2.17. The Hall–Kier alpha value is -2.23. The van der Waals surface area contributed by atoms with Gasteiger partial charge in [0.2, 0.25) is 0 Å². The van der Waals surface area contributed by atoms with Crippen molar-refractivity contribution in [3.8, 4) is 11.4 Å². The molecular weight excluding hydrogens is 384 g/mol. The van der Waals surface area contributed by atoms with Crippen LogP contribution in [0.3, 0.4) is 0 Å². The predicted molar refractivity (Wildman–Crippen MR) is 128 cm³/mol. The zero-order valence-electron chi connectivity index (χ0n) is 19.7. The molecule has 2 rings (SSSR count). The van der Waals surface area contributed by atoms with E-state index in [1.165, 1.54) is 50.5 Å². The molecule has 1 aromatic carbocycles. The van der Waals surface area contributed by atoms with Gasteiger partial charge in [-0.05, 0) is 37.3 Å². The van der Waals surface area contributed by atoms with Gasteiger partial charge in [-0.1, -0.05) is 83.1 Å². The molecule has 0 saturated heterocycles. The number of rotatable bonds is 15. The zero-order valence-corrected chi connectivity index (χ0v) is 19.7. The SMILES string of the molecule is CCCCCCCCCc1cnc(-c2ccc(CC(C)OC(=O)CCCC)cc2)nc1. The molecule has 4 heteroatoms. The lowest BCUT2D eigenvalue weighted by molar-refractivity contribution is -0.148. The second kappa shape index (κ2) is 14.7. The summed E-state index contributed by atoms with van der Waals surface area (Å²) in [5.74, 6) is 0.657. The van der Waals surface area contributed by atoms with Crippen molar-refractivity contribution in [3.05, 3.63) is 47.8 Å². The summed E-state index contributed by atoms with van der Waals surface area (Å²) in [6.45, 7) is 6.28. The highest BCUT2D eigenvalue weighted by atomic mass is 16.5. The molecule has 170 valence electrons. The van der Waals surface area contributed by atoms with Crippen molar-refractivity contribution in [2.45, 2.75) is 104 Å². The molecule has 0 radical (unpaired) electrons. The Morgan fingerprint density at radius 1 is 0.839 bits per heavy atom. The molecule has 0 saturated carbocycles. The van der Waals surface area contributed by atoms with Crippen LogP contribution in [0.25, 0.3) is 11.4 Å². The van der Waals surface area contributed by atoms with Crippen LogP contribution in [-0.4, -0.2) is 22.0 Å². The fraction of sp³-hybridized carbons (Fsp3) is 0.593. The summed E-state index contributed by atoms with van der Waals surface area (Å²) in [6.07, 6.45) is 17.2. The van der Waals surface area contributed by atoms with Crippen molar-refractivity contribution in [1.29, 1.82) is 0 Å². The lowest BCUT2D eigenvalue weighted by Gasteiger charge is -2.13. The average molecular weight is 425 g/mol. The third-order valence-corrected chi connectivity index (χ3v) is 5.58. The zero-order chi connectivity index (χ0) is 22.3. The fourth-order valence-corrected chi connectivity index (χ4v) is 3.69. The number of unbranched alkanes of at least 4 members (excludes halogenated alkanes) is 7. The Morgan fingerprint density at radius 2 is 1.45 bits per heavy atom. The van der Waals surface area contributed by atoms with E-state index in [0.29, 0.717) is 6.42 Å². The van der Waals surface area contributed by atoms with E-state index in [1.807, 2.05) is 31.5 Å². The molecule has 0 fully saturated rings. The monoisotopic (exact) mass is 424 g/mol. The van der Waals surface area contributed by atoms with Crippen molar-refractivity contribution in [1.82, 2.24) is 9.97 Å². The lowest BCUT2D eigenvalue weighted by atomic mass is 10.1. The van der Waals surface area contributed by atoms with Crippen molar-refractivity contribution in [2.24, 2.45) is 0 Å². The van der Waals surface area contributed by atoms with E-state index in [-0.39, 0.29) is 12.1 Å². The maximum Gasteiger partial charge on any atom is 0.306 e. The van der Waals surface area contributed by atoms with Crippen molar-refractivity contribution < 1.29 is 9.53 Å². The normalized spacial score (nSPS) is 12.0. The smallest absolute Gasteiger partial charge is 0.306 e. The van der Waals surface area contributed by atoms with Crippen molar-refractivity contribution >= 4 is 5.97 Å². The highest BCUT2D eigenvalue weighted by molar-refractivity contribution is 5.69. The fourth-order valence-electron chi connectivity index (χ4n) is 3.69. The van der Waals surface area contributed by atoms with Crippen LogP contribution in [0.4, 0.5) is 0 Å². The molecule has 0 aliphatic heterocycles. The van der Waals surface area contributed by atoms with Crippen LogP contribution in [0.15, 0.2) is 36.7 Å². The summed E-state index contributed by atoms with van der Waals surface area (Å²) in [5.41, 5.74) is 3.38. The second-order valence-corrected chi connectivity index (χ2v) is 8.59. The largest absolute Gasteiger partial charge is 0.462 e. The summed E-state index contributed by atoms with van der Waals surface area (Å²) in [6, 6.07) is 8.24. The molecule has 0 aliphatic carbocycles. The van der Waals surface area contributed by atoms with Gasteiger partial charge in [0.15, 0.2) is 5.82 Å². The Kier molecular flexibility index (Phi) is 11.9. The van der Waals surface area contributed by atoms with Crippen molar-refractivity contribution in [3.63, 3.8) is 0 Å². The van der Waals surface area contributed by atoms with E-state index in [1.54, 1.807) is 0 Å². The maximum absolute atomic E-state index is 11.8. The van der Waals surface area contributed by atoms with E-state index in [9.17, 15) is 4.79 Å². The van der Waals surface area contributed by atoms with Crippen LogP contribution in [-0.2, 0) is 22.4 Å². The first kappa shape index (κ1) is 25.0. The Bertz CT molecular complexity index is 741. The molecule has 1 heterocycles. The Morgan fingerprint density at radius 3 is 2.10 bits per heavy atom. The van der Waals surface area contributed by atoms with Gasteiger partial charge in [-0.3, -0.25) is 4.79 Å². The van der Waals surface area contributed by atoms with Gasteiger partial charge in [0.25, 0.3) is 0 Å². The van der Waals surface area contributed by atoms with Crippen LogP contribution in [0.2, 0.25) is 0 Å². The van der Waals surface area contributed by atoms with Gasteiger partial charge in [-0.2, -0.15) is 0 Å². The summed E-state index contributed by atoms with van der Waals surface area (Å²) < 4.78 is 5.49. The first-order valence-electron chi connectivity index (χ1n) is 12.2. The topological polar surface area (TPSA) is 52.1 Å². The van der Waals surface area contributed by atoms with Gasteiger partial charge >= 0.3 is 5.97 Å². The van der Waals surface area contributed by atoms with Gasteiger partial charge in [0.05, 0.1) is 0 Å². The number of ether oxygens (including phenoxy) is 1. The molecule has 31 heavy (non-hydrogen) atoms. The summed E-state index contributed by atoms with van der Waals surface area (Å²) in [5, 5.41) is 0. The number of esters is 1. The molecule has 0 aliphatic rings. The molecular formula is C27H40N2O2. The number of aromatic nitrogens is 2. The first-order chi connectivity index (χ1) is 15.1. The van der Waals surface area contributed by atoms with Crippen LogP contribution in [0.5, 0.6) is 0 Å². The summed E-state index contributed by atoms with van der Waals surface area (Å²) >= 11 is 0. The Balaban J connectivity index is 1.76. The number of hydrogen-bond donors (Lipinski definition) is 0. The third-order valence-electron chi connectivity index (χ3n) is 5.58. The molecule has 1 unspecified atom stereocenters. The molecule has 0 bridgehead atoms. The molecule has 2 aromatic rings. The van der Waals surface area contributed by atoms with Gasteiger partial charge in [-0.25, -0.2) is 9.97 Å². The second-order valence-electron chi connectivity index (χ2n) is 8.59. The molecule has 0 amide bonds. The molecule has 1 atom stereocenters. The van der Waals surface area contributed by atoms with E-state index in [4.69, 9.17) is 4.74 Å². The quantitative estimate of drug-likeness (QED) is 0.226. The summed E-state index contributed by atoms with van der Waals surface area (Å²) in [4.78, 5) is 20.9. The van der Waals surface area contributed by atoms with E-state index >= 15 is 0 Å². The van der Waals surface area contributed by atoms with Gasteiger partial charge < -0.3 is 4.74 Å². The average Bonchev–Trinajstić information content (AvgIpc) is 2.78. The maximum atomic E-state index is 11.8. The minimum absolute atomic E-state index is 0.101. The van der Waals surface area contributed by atoms with Gasteiger partial charge in [-0.15, -0.1) is 0 Å². The number of benzene rings is 1. The first-order valence-corrected chi connectivity index (χ1v) is 12.2. The molecule has 0 N–H and O–H groups in total. The highest BCUT2D eigenvalue weighted by Crippen LogP contribution is 2.18. The number of hydrogen-bond acceptors (Lipinski definition) is 4. The molecule has 1 aromatic heterocycles. The minimum atomic E-state index is -0.114. The summed E-state index contributed by atoms with van der Waals surface area (Å²) in [7, 11) is 0. The minimum Gasteiger partial charge on any atom is -0.462 e. The Labute approximate surface area is 188 Å². The number of carbonyl (C=O) groups is 1. The molecule has 4 nitrogen and oxygen atoms in total. The highest BCUT2D eigenvalue weighted by Gasteiger charge is 2.10. The van der Waals surface area contributed by atoms with Crippen LogP contribution in [0, 0.1) is 0 Å². The van der Waals surface area contributed by atoms with E-state index < -0.39 is 0 Å². The van der Waals surface area contributed by atoms with E-state index in [0.717, 1.165) is 42.6 Å². The van der Waals surface area contributed by atoms with Gasteiger partial charge in [0.1, 0.15) is 6.10 Å². The van der Waals surface area contributed by atoms with Crippen LogP contribution < -0.4 is 0 Å². The van der Waals surface area contributed by atoms with Gasteiger partial charge in [0, 0.05) is 30.8 Å². The number of aryl methyl sites for hydroxylation is 1. The van der Waals surface area contributed by atoms with E-state index in [2.05, 4.69) is 35.9 Å². The standard InChI is InChI=1S/C27H40N2O2/c1-4-6-8-9-10-11-12-13-24-20-28-27(29-21-24)25-17-15-23(16-18-25)19-22(3)31-26(30)14-7-5-2/h15-18,20-22H,4-14,19H2,1-3H3. The molecule has 0 spiro atoms. The van der Waals surface area contributed by atoms with Crippen molar-refractivity contribution in [2.75, 3.05) is 0 Å².